The highest BCUT2D eigenvalue weighted by atomic mass is 16.5. The van der Waals surface area contributed by atoms with Crippen molar-refractivity contribution in [1.29, 1.82) is 0 Å². The molecule has 1 amide bonds. The van der Waals surface area contributed by atoms with Crippen LogP contribution in [0.15, 0.2) is 0 Å². The van der Waals surface area contributed by atoms with Gasteiger partial charge in [-0.05, 0) is 6.42 Å². The number of carboxylic acids is 1. The van der Waals surface area contributed by atoms with Crippen LogP contribution in [0.1, 0.15) is 12.8 Å². The van der Waals surface area contributed by atoms with Gasteiger partial charge in [-0.1, -0.05) is 0 Å². The van der Waals surface area contributed by atoms with E-state index in [-0.39, 0.29) is 0 Å². The summed E-state index contributed by atoms with van der Waals surface area (Å²) < 4.78 is 4.74. The van der Waals surface area contributed by atoms with Crippen molar-refractivity contribution in [3.8, 4) is 0 Å². The molecule has 5 heteroatoms. The average Bonchev–Trinajstić information content (AvgIpc) is 1.97. The van der Waals surface area contributed by atoms with Crippen LogP contribution in [-0.4, -0.2) is 37.2 Å². The van der Waals surface area contributed by atoms with Gasteiger partial charge in [0.2, 0.25) is 5.91 Å². The van der Waals surface area contributed by atoms with Gasteiger partial charge in [-0.15, -0.1) is 0 Å². The van der Waals surface area contributed by atoms with Gasteiger partial charge in [0.05, 0.1) is 0 Å². The van der Waals surface area contributed by atoms with E-state index in [1.165, 1.54) is 0 Å². The third kappa shape index (κ3) is 7.01. The minimum atomic E-state index is -1.11. The third-order valence-corrected chi connectivity index (χ3v) is 1.16. The lowest BCUT2D eigenvalue weighted by atomic mass is 10.4. The second-order valence-electron chi connectivity index (χ2n) is 2.27. The lowest BCUT2D eigenvalue weighted by Gasteiger charge is -2.01. The topological polar surface area (TPSA) is 75.6 Å². The molecule has 0 bridgehead atoms. The fourth-order valence-corrected chi connectivity index (χ4v) is 0.644. The van der Waals surface area contributed by atoms with Crippen molar-refractivity contribution in [3.05, 3.63) is 0 Å². The zero-order chi connectivity index (χ0) is 9.40. The maximum Gasteiger partial charge on any atom is 0.312 e. The lowest BCUT2D eigenvalue weighted by Crippen LogP contribution is -2.27. The second-order valence-corrected chi connectivity index (χ2v) is 2.27. The van der Waals surface area contributed by atoms with Gasteiger partial charge in [0.15, 0.2) is 0 Å². The standard InChI is InChI=1S/C7H13NO4/c1-12-4-2-3-8-6(9)5-7(10)11/h2-5H2,1H3,(H,8,9)(H,10,11). The lowest BCUT2D eigenvalue weighted by molar-refractivity contribution is -0.140. The molecule has 0 saturated heterocycles. The SMILES string of the molecule is COCCCNC(=O)CC(=O)O. The summed E-state index contributed by atoms with van der Waals surface area (Å²) >= 11 is 0. The zero-order valence-corrected chi connectivity index (χ0v) is 7.00. The highest BCUT2D eigenvalue weighted by Crippen LogP contribution is 1.81. The molecule has 0 aliphatic carbocycles. The molecule has 0 aromatic carbocycles. The highest BCUT2D eigenvalue weighted by Gasteiger charge is 2.05. The number of carboxylic acid groups (broad SMARTS) is 1. The van der Waals surface area contributed by atoms with Crippen LogP contribution in [-0.2, 0) is 14.3 Å². The fraction of sp³-hybridized carbons (Fsp3) is 0.714. The summed E-state index contributed by atoms with van der Waals surface area (Å²) in [5.41, 5.74) is 0. The van der Waals surface area contributed by atoms with E-state index < -0.39 is 18.3 Å². The van der Waals surface area contributed by atoms with Crippen molar-refractivity contribution in [2.75, 3.05) is 20.3 Å². The molecule has 2 N–H and O–H groups in total. The Balaban J connectivity index is 3.26. The number of hydrogen-bond acceptors (Lipinski definition) is 3. The fourth-order valence-electron chi connectivity index (χ4n) is 0.644. The maximum absolute atomic E-state index is 10.7. The number of rotatable bonds is 6. The average molecular weight is 175 g/mol. The molecule has 0 atom stereocenters. The van der Waals surface area contributed by atoms with Gasteiger partial charge in [-0.25, -0.2) is 0 Å². The van der Waals surface area contributed by atoms with Crippen LogP contribution in [0.2, 0.25) is 0 Å². The Morgan fingerprint density at radius 2 is 2.17 bits per heavy atom. The van der Waals surface area contributed by atoms with Crippen LogP contribution in [0.5, 0.6) is 0 Å². The summed E-state index contributed by atoms with van der Waals surface area (Å²) in [4.78, 5) is 20.7. The predicted octanol–water partition coefficient (Wildman–Crippen LogP) is -0.386. The number of hydrogen-bond donors (Lipinski definition) is 2. The minimum Gasteiger partial charge on any atom is -0.481 e. The van der Waals surface area contributed by atoms with Gasteiger partial charge < -0.3 is 15.2 Å². The molecule has 0 saturated carbocycles. The van der Waals surface area contributed by atoms with E-state index in [9.17, 15) is 9.59 Å². The Bertz CT molecular complexity index is 157. The third-order valence-electron chi connectivity index (χ3n) is 1.16. The number of ether oxygens (including phenoxy) is 1. The monoisotopic (exact) mass is 175 g/mol. The van der Waals surface area contributed by atoms with Crippen LogP contribution in [0.4, 0.5) is 0 Å². The molecule has 12 heavy (non-hydrogen) atoms. The summed E-state index contributed by atoms with van der Waals surface area (Å²) in [5, 5.41) is 10.7. The summed E-state index contributed by atoms with van der Waals surface area (Å²) in [6.45, 7) is 1.02. The van der Waals surface area contributed by atoms with Gasteiger partial charge in [0.1, 0.15) is 6.42 Å². The van der Waals surface area contributed by atoms with Crippen molar-refractivity contribution in [2.45, 2.75) is 12.8 Å². The molecule has 0 aromatic heterocycles. The van der Waals surface area contributed by atoms with Crippen molar-refractivity contribution < 1.29 is 19.4 Å². The molecule has 0 aromatic rings. The van der Waals surface area contributed by atoms with Crippen LogP contribution in [0.3, 0.4) is 0 Å². The Kier molecular flexibility index (Phi) is 6.00. The van der Waals surface area contributed by atoms with Gasteiger partial charge in [-0.3, -0.25) is 9.59 Å². The molecule has 0 spiro atoms. The summed E-state index contributed by atoms with van der Waals surface area (Å²) in [5.74, 6) is -1.57. The van der Waals surface area contributed by atoms with Crippen LogP contribution < -0.4 is 5.32 Å². The van der Waals surface area contributed by atoms with Crippen LogP contribution in [0.25, 0.3) is 0 Å². The van der Waals surface area contributed by atoms with E-state index >= 15 is 0 Å². The first-order valence-corrected chi connectivity index (χ1v) is 3.64. The highest BCUT2D eigenvalue weighted by molar-refractivity contribution is 5.93. The summed E-state index contributed by atoms with van der Waals surface area (Å²) in [6, 6.07) is 0. The first kappa shape index (κ1) is 10.9. The van der Waals surface area contributed by atoms with E-state index in [2.05, 4.69) is 5.32 Å². The van der Waals surface area contributed by atoms with Crippen molar-refractivity contribution in [2.24, 2.45) is 0 Å². The Hall–Kier alpha value is -1.10. The predicted molar refractivity (Wildman–Crippen MR) is 41.8 cm³/mol. The second kappa shape index (κ2) is 6.60. The molecular formula is C7H13NO4. The molecule has 0 rings (SSSR count). The quantitative estimate of drug-likeness (QED) is 0.426. The van der Waals surface area contributed by atoms with E-state index in [0.29, 0.717) is 19.6 Å². The molecular weight excluding hydrogens is 162 g/mol. The number of aliphatic carboxylic acids is 1. The molecule has 0 fully saturated rings. The Morgan fingerprint density at radius 1 is 1.50 bits per heavy atom. The van der Waals surface area contributed by atoms with Gasteiger partial charge in [-0.2, -0.15) is 0 Å². The largest absolute Gasteiger partial charge is 0.481 e. The first-order chi connectivity index (χ1) is 5.66. The number of carbonyl (C=O) groups is 2. The molecule has 0 aliphatic rings. The van der Waals surface area contributed by atoms with E-state index in [4.69, 9.17) is 9.84 Å². The minimum absolute atomic E-state index is 0.458. The first-order valence-electron chi connectivity index (χ1n) is 3.64. The number of amides is 1. The van der Waals surface area contributed by atoms with E-state index in [1.807, 2.05) is 0 Å². The van der Waals surface area contributed by atoms with Gasteiger partial charge in [0, 0.05) is 20.3 Å². The number of carbonyl (C=O) groups excluding carboxylic acids is 1. The van der Waals surface area contributed by atoms with E-state index in [0.717, 1.165) is 0 Å². The van der Waals surface area contributed by atoms with Crippen molar-refractivity contribution in [1.82, 2.24) is 5.32 Å². The number of nitrogens with one attached hydrogen (secondary N) is 1. The zero-order valence-electron chi connectivity index (χ0n) is 7.00. The molecule has 0 heterocycles. The van der Waals surface area contributed by atoms with Crippen LogP contribution in [0, 0.1) is 0 Å². The normalized spacial score (nSPS) is 9.42. The molecule has 0 aliphatic heterocycles. The smallest absolute Gasteiger partial charge is 0.312 e. The summed E-state index contributed by atoms with van der Waals surface area (Å²) in [7, 11) is 1.57. The number of methoxy groups -OCH3 is 1. The van der Waals surface area contributed by atoms with Crippen molar-refractivity contribution in [3.63, 3.8) is 0 Å². The Labute approximate surface area is 70.7 Å². The van der Waals surface area contributed by atoms with Gasteiger partial charge >= 0.3 is 5.97 Å². The van der Waals surface area contributed by atoms with Gasteiger partial charge in [0.25, 0.3) is 0 Å². The molecule has 70 valence electrons. The maximum atomic E-state index is 10.7. The molecule has 0 unspecified atom stereocenters. The molecule has 0 radical (unpaired) electrons. The summed E-state index contributed by atoms with van der Waals surface area (Å²) in [6.07, 6.45) is 0.231. The van der Waals surface area contributed by atoms with Crippen molar-refractivity contribution >= 4 is 11.9 Å². The Morgan fingerprint density at radius 3 is 2.67 bits per heavy atom. The van der Waals surface area contributed by atoms with Crippen LogP contribution >= 0.6 is 0 Å². The van der Waals surface area contributed by atoms with E-state index in [1.54, 1.807) is 7.11 Å². The molecule has 5 nitrogen and oxygen atoms in total.